The number of anilines is 1. The number of thiophene rings is 1. The summed E-state index contributed by atoms with van der Waals surface area (Å²) in [6, 6.07) is 9.21. The number of thiazole rings is 1. The molecule has 0 saturated carbocycles. The van der Waals surface area contributed by atoms with Gasteiger partial charge in [0.15, 0.2) is 5.58 Å². The molecule has 0 fully saturated rings. The van der Waals surface area contributed by atoms with E-state index >= 15 is 0 Å². The number of oxazole rings is 1. The van der Waals surface area contributed by atoms with Crippen LogP contribution < -0.4 is 11.1 Å². The molecular weight excluding hydrogens is 408 g/mol. The zero-order chi connectivity index (χ0) is 20.4. The number of rotatable bonds is 7. The van der Waals surface area contributed by atoms with Gasteiger partial charge in [-0.05, 0) is 43.7 Å². The molecule has 1 aromatic carbocycles. The van der Waals surface area contributed by atoms with Crippen molar-refractivity contribution < 1.29 is 9.21 Å². The van der Waals surface area contributed by atoms with Gasteiger partial charge < -0.3 is 14.6 Å². The fourth-order valence-electron chi connectivity index (χ4n) is 2.92. The Morgan fingerprint density at radius 3 is 2.90 bits per heavy atom. The van der Waals surface area contributed by atoms with Crippen molar-refractivity contribution in [1.29, 1.82) is 0 Å². The third-order valence-corrected chi connectivity index (χ3v) is 6.28. The van der Waals surface area contributed by atoms with E-state index in [0.29, 0.717) is 29.9 Å². The van der Waals surface area contributed by atoms with Crippen LogP contribution in [0.5, 0.6) is 0 Å². The molecule has 0 atom stereocenters. The predicted molar refractivity (Wildman–Crippen MR) is 117 cm³/mol. The van der Waals surface area contributed by atoms with Crippen molar-refractivity contribution in [3.05, 3.63) is 57.3 Å². The highest BCUT2D eigenvalue weighted by Crippen LogP contribution is 2.28. The van der Waals surface area contributed by atoms with Crippen molar-refractivity contribution in [2.24, 2.45) is 0 Å². The molecule has 7 nitrogen and oxygen atoms in total. The van der Waals surface area contributed by atoms with Gasteiger partial charge in [-0.3, -0.25) is 9.36 Å². The Labute approximate surface area is 175 Å². The van der Waals surface area contributed by atoms with Gasteiger partial charge in [0.05, 0.1) is 22.5 Å². The summed E-state index contributed by atoms with van der Waals surface area (Å²) in [5.41, 5.74) is 2.54. The average Bonchev–Trinajstić information content (AvgIpc) is 3.39. The summed E-state index contributed by atoms with van der Waals surface area (Å²) in [4.78, 5) is 32.2. The molecule has 150 valence electrons. The number of nitrogens with zero attached hydrogens (tertiary/aromatic N) is 3. The van der Waals surface area contributed by atoms with E-state index in [2.05, 4.69) is 10.3 Å². The van der Waals surface area contributed by atoms with E-state index in [0.717, 1.165) is 15.6 Å². The maximum atomic E-state index is 12.5. The first-order valence-corrected chi connectivity index (χ1v) is 10.8. The lowest BCUT2D eigenvalue weighted by atomic mass is 10.2. The van der Waals surface area contributed by atoms with Crippen molar-refractivity contribution in [3.63, 3.8) is 0 Å². The summed E-state index contributed by atoms with van der Waals surface area (Å²) < 4.78 is 6.88. The van der Waals surface area contributed by atoms with Gasteiger partial charge >= 0.3 is 5.76 Å². The van der Waals surface area contributed by atoms with Crippen molar-refractivity contribution in [2.45, 2.75) is 13.0 Å². The van der Waals surface area contributed by atoms with Gasteiger partial charge in [-0.2, -0.15) is 0 Å². The van der Waals surface area contributed by atoms with Crippen LogP contribution in [0.25, 0.3) is 21.0 Å². The zero-order valence-corrected chi connectivity index (χ0v) is 17.7. The van der Waals surface area contributed by atoms with E-state index in [1.54, 1.807) is 34.1 Å². The summed E-state index contributed by atoms with van der Waals surface area (Å²) in [5.74, 6) is -0.549. The summed E-state index contributed by atoms with van der Waals surface area (Å²) in [7, 11) is 3.89. The molecule has 0 aliphatic heterocycles. The van der Waals surface area contributed by atoms with Crippen LogP contribution in [-0.4, -0.2) is 41.0 Å². The molecular formula is C20H20N4O3S2. The number of hydrogen-bond donors (Lipinski definition) is 1. The molecule has 4 rings (SSSR count). The Morgan fingerprint density at radius 2 is 2.14 bits per heavy atom. The molecule has 9 heteroatoms. The number of amides is 1. The van der Waals surface area contributed by atoms with Crippen molar-refractivity contribution in [3.8, 4) is 9.88 Å². The number of aromatic nitrogens is 2. The minimum atomic E-state index is -0.395. The van der Waals surface area contributed by atoms with Gasteiger partial charge in [-0.1, -0.05) is 6.07 Å². The molecule has 0 unspecified atom stereocenters. The second kappa shape index (κ2) is 8.32. The summed E-state index contributed by atoms with van der Waals surface area (Å²) >= 11 is 3.16. The van der Waals surface area contributed by atoms with Crippen LogP contribution in [0.4, 0.5) is 5.69 Å². The Balaban J connectivity index is 1.48. The van der Waals surface area contributed by atoms with E-state index in [-0.39, 0.29) is 12.3 Å². The zero-order valence-electron chi connectivity index (χ0n) is 16.0. The first-order valence-electron chi connectivity index (χ1n) is 9.06. The summed E-state index contributed by atoms with van der Waals surface area (Å²) in [6.45, 7) is 1.22. The van der Waals surface area contributed by atoms with Gasteiger partial charge in [0.1, 0.15) is 5.01 Å². The van der Waals surface area contributed by atoms with Crippen LogP contribution >= 0.6 is 22.7 Å². The van der Waals surface area contributed by atoms with E-state index in [4.69, 9.17) is 4.42 Å². The number of fused-ring (bicyclic) bond motifs is 1. The molecule has 3 heterocycles. The van der Waals surface area contributed by atoms with Gasteiger partial charge in [-0.15, -0.1) is 22.7 Å². The summed E-state index contributed by atoms with van der Waals surface area (Å²) in [5, 5.41) is 7.73. The lowest BCUT2D eigenvalue weighted by molar-refractivity contribution is -0.115. The minimum Gasteiger partial charge on any atom is -0.408 e. The van der Waals surface area contributed by atoms with Gasteiger partial charge in [0.2, 0.25) is 5.91 Å². The van der Waals surface area contributed by atoms with Crippen LogP contribution in [0.3, 0.4) is 0 Å². The Kier molecular flexibility index (Phi) is 5.61. The van der Waals surface area contributed by atoms with Crippen molar-refractivity contribution in [2.75, 3.05) is 26.0 Å². The number of carbonyl (C=O) groups is 1. The highest BCUT2D eigenvalue weighted by molar-refractivity contribution is 7.20. The minimum absolute atomic E-state index is 0.155. The van der Waals surface area contributed by atoms with E-state index in [1.807, 2.05) is 41.9 Å². The van der Waals surface area contributed by atoms with E-state index < -0.39 is 5.76 Å². The SMILES string of the molecule is CN(C)CCn1c(=O)oc2ccc(NC(=O)Cc3csc(-c4cccs4)n3)cc21. The molecule has 29 heavy (non-hydrogen) atoms. The fraction of sp³-hybridized carbons (Fsp3) is 0.250. The van der Waals surface area contributed by atoms with Gasteiger partial charge in [0, 0.05) is 24.2 Å². The van der Waals surface area contributed by atoms with Crippen LogP contribution in [0.1, 0.15) is 5.69 Å². The molecule has 0 aliphatic carbocycles. The Hall–Kier alpha value is -2.75. The first kappa shape index (κ1) is 19.6. The fourth-order valence-corrected chi connectivity index (χ4v) is 4.56. The molecule has 0 saturated heterocycles. The normalized spacial score (nSPS) is 11.4. The maximum absolute atomic E-state index is 12.5. The van der Waals surface area contributed by atoms with Crippen LogP contribution in [0, 0.1) is 0 Å². The molecule has 0 radical (unpaired) electrons. The molecule has 1 amide bonds. The van der Waals surface area contributed by atoms with Crippen molar-refractivity contribution >= 4 is 45.4 Å². The number of hydrogen-bond acceptors (Lipinski definition) is 7. The topological polar surface area (TPSA) is 80.4 Å². The van der Waals surface area contributed by atoms with Crippen LogP contribution in [-0.2, 0) is 17.8 Å². The third kappa shape index (κ3) is 4.47. The van der Waals surface area contributed by atoms with Crippen LogP contribution in [0.15, 0.2) is 50.3 Å². The van der Waals surface area contributed by atoms with Gasteiger partial charge in [-0.25, -0.2) is 9.78 Å². The quantitative estimate of drug-likeness (QED) is 0.487. The predicted octanol–water partition coefficient (Wildman–Crippen LogP) is 3.52. The molecule has 0 bridgehead atoms. The lowest BCUT2D eigenvalue weighted by Gasteiger charge is -2.10. The standard InChI is InChI=1S/C20H20N4O3S2/c1-23(2)7-8-24-15-10-13(5-6-16(15)27-20(24)26)21-18(25)11-14-12-29-19(22-14)17-4-3-9-28-17/h3-6,9-10,12H,7-8,11H2,1-2H3,(H,21,25). The average molecular weight is 429 g/mol. The maximum Gasteiger partial charge on any atom is 0.419 e. The number of benzene rings is 1. The molecule has 0 aliphatic rings. The smallest absolute Gasteiger partial charge is 0.408 e. The van der Waals surface area contributed by atoms with Crippen LogP contribution in [0.2, 0.25) is 0 Å². The highest BCUT2D eigenvalue weighted by atomic mass is 32.1. The molecule has 4 aromatic rings. The van der Waals surface area contributed by atoms with E-state index in [1.165, 1.54) is 11.3 Å². The second-order valence-corrected chi connectivity index (χ2v) is 8.66. The molecule has 1 N–H and O–H groups in total. The first-order chi connectivity index (χ1) is 14.0. The largest absolute Gasteiger partial charge is 0.419 e. The van der Waals surface area contributed by atoms with E-state index in [9.17, 15) is 9.59 Å². The Morgan fingerprint density at radius 1 is 1.28 bits per heavy atom. The monoisotopic (exact) mass is 428 g/mol. The molecule has 0 spiro atoms. The van der Waals surface area contributed by atoms with Gasteiger partial charge in [0.25, 0.3) is 0 Å². The Bertz CT molecular complexity index is 1190. The second-order valence-electron chi connectivity index (χ2n) is 6.85. The number of likely N-dealkylation sites (N-methyl/N-ethyl adjacent to an activating group) is 1. The summed E-state index contributed by atoms with van der Waals surface area (Å²) in [6.07, 6.45) is 0.193. The molecule has 3 aromatic heterocycles. The van der Waals surface area contributed by atoms with Crippen molar-refractivity contribution in [1.82, 2.24) is 14.5 Å². The number of nitrogens with one attached hydrogen (secondary N) is 1. The highest BCUT2D eigenvalue weighted by Gasteiger charge is 2.13. The number of carbonyl (C=O) groups excluding carboxylic acids is 1. The lowest BCUT2D eigenvalue weighted by Crippen LogP contribution is -2.23. The third-order valence-electron chi connectivity index (χ3n) is 4.35.